The molecule has 0 spiro atoms. The van der Waals surface area contributed by atoms with Crippen LogP contribution in [-0.2, 0) is 24.2 Å². The van der Waals surface area contributed by atoms with Crippen molar-refractivity contribution in [2.24, 2.45) is 0 Å². The molecule has 0 heterocycles. The molecule has 3 heteroatoms. The van der Waals surface area contributed by atoms with Crippen LogP contribution >= 0.6 is 0 Å². The van der Waals surface area contributed by atoms with E-state index in [1.54, 1.807) is 0 Å². The van der Waals surface area contributed by atoms with E-state index >= 15 is 0 Å². The second-order valence-corrected chi connectivity index (χ2v) is 4.70. The molecule has 2 aromatic carbocycles. The van der Waals surface area contributed by atoms with Crippen LogP contribution in [0.4, 0.5) is 0 Å². The van der Waals surface area contributed by atoms with Crippen molar-refractivity contribution < 1.29 is 9.53 Å². The fraction of sp³-hybridized carbons (Fsp3) is 0.222. The van der Waals surface area contributed by atoms with Gasteiger partial charge in [-0.3, -0.25) is 0 Å². The molecular weight excluding hydrogens is 262 g/mol. The summed E-state index contributed by atoms with van der Waals surface area (Å²) in [6.45, 7) is 0.467. The summed E-state index contributed by atoms with van der Waals surface area (Å²) in [6.07, 6.45) is 2.27. The first kappa shape index (κ1) is 14.8. The Morgan fingerprint density at radius 2 is 1.90 bits per heavy atom. The minimum absolute atomic E-state index is 0.311. The number of nitrogens with zero attached hydrogens (tertiary/aromatic N) is 1. The van der Waals surface area contributed by atoms with E-state index in [0.717, 1.165) is 28.7 Å². The number of carbonyl (C=O) groups excluding carboxylic acids is 1. The molecule has 0 aliphatic heterocycles. The second kappa shape index (κ2) is 7.86. The van der Waals surface area contributed by atoms with Gasteiger partial charge in [-0.1, -0.05) is 42.5 Å². The van der Waals surface area contributed by atoms with Gasteiger partial charge in [0, 0.05) is 18.4 Å². The lowest BCUT2D eigenvalue weighted by Gasteiger charge is -2.13. The minimum atomic E-state index is 0.311. The van der Waals surface area contributed by atoms with Gasteiger partial charge in [-0.15, -0.1) is 0 Å². The molecule has 0 saturated carbocycles. The van der Waals surface area contributed by atoms with Gasteiger partial charge in [-0.05, 0) is 23.6 Å². The van der Waals surface area contributed by atoms with Crippen molar-refractivity contribution in [1.29, 1.82) is 5.26 Å². The fourth-order valence-corrected chi connectivity index (χ4v) is 2.22. The second-order valence-electron chi connectivity index (χ2n) is 4.70. The summed E-state index contributed by atoms with van der Waals surface area (Å²) in [5.41, 5.74) is 2.98. The number of hydrogen-bond acceptors (Lipinski definition) is 3. The number of aryl methyl sites for hydroxylation is 1. The smallest absolute Gasteiger partial charge is 0.124 e. The van der Waals surface area contributed by atoms with Gasteiger partial charge in [0.05, 0.1) is 6.07 Å². The highest BCUT2D eigenvalue weighted by molar-refractivity contribution is 5.59. The molecule has 0 N–H and O–H groups in total. The molecule has 0 atom stereocenters. The predicted molar refractivity (Wildman–Crippen MR) is 80.9 cm³/mol. The van der Waals surface area contributed by atoms with Crippen molar-refractivity contribution >= 4 is 6.29 Å². The first-order valence-electron chi connectivity index (χ1n) is 6.93. The van der Waals surface area contributed by atoms with Crippen LogP contribution in [0.2, 0.25) is 0 Å². The summed E-state index contributed by atoms with van der Waals surface area (Å²) < 4.78 is 5.85. The zero-order valence-electron chi connectivity index (χ0n) is 11.8. The van der Waals surface area contributed by atoms with Crippen LogP contribution in [0, 0.1) is 11.3 Å². The third kappa shape index (κ3) is 4.19. The van der Waals surface area contributed by atoms with Crippen molar-refractivity contribution in [3.8, 4) is 11.8 Å². The van der Waals surface area contributed by atoms with Crippen LogP contribution in [0.5, 0.6) is 5.75 Å². The molecule has 2 aromatic rings. The molecule has 0 amide bonds. The Bertz CT molecular complexity index is 629. The maximum absolute atomic E-state index is 10.9. The fourth-order valence-electron chi connectivity index (χ4n) is 2.22. The highest BCUT2D eigenvalue weighted by Gasteiger charge is 2.09. The van der Waals surface area contributed by atoms with E-state index in [-0.39, 0.29) is 0 Å². The Balaban J connectivity index is 2.17. The Labute approximate surface area is 124 Å². The van der Waals surface area contributed by atoms with E-state index in [9.17, 15) is 4.79 Å². The molecule has 0 saturated heterocycles. The number of benzene rings is 2. The highest BCUT2D eigenvalue weighted by atomic mass is 16.5. The average molecular weight is 279 g/mol. The van der Waals surface area contributed by atoms with Crippen LogP contribution in [0.1, 0.15) is 23.1 Å². The largest absolute Gasteiger partial charge is 0.489 e. The van der Waals surface area contributed by atoms with Gasteiger partial charge in [-0.2, -0.15) is 5.26 Å². The van der Waals surface area contributed by atoms with Gasteiger partial charge in [-0.25, -0.2) is 0 Å². The molecular formula is C18H17NO2. The quantitative estimate of drug-likeness (QED) is 0.729. The summed E-state index contributed by atoms with van der Waals surface area (Å²) in [6, 6.07) is 17.8. The zero-order valence-corrected chi connectivity index (χ0v) is 11.8. The Hall–Kier alpha value is -2.60. The Morgan fingerprint density at radius 3 is 2.62 bits per heavy atom. The normalized spacial score (nSPS) is 9.86. The molecule has 0 radical (unpaired) electrons. The van der Waals surface area contributed by atoms with Crippen molar-refractivity contribution in [3.63, 3.8) is 0 Å². The number of nitriles is 1. The maximum atomic E-state index is 10.9. The molecule has 0 aliphatic carbocycles. The monoisotopic (exact) mass is 279 g/mol. The van der Waals surface area contributed by atoms with Gasteiger partial charge in [0.25, 0.3) is 0 Å². The van der Waals surface area contributed by atoms with Crippen molar-refractivity contribution in [1.82, 2.24) is 0 Å². The van der Waals surface area contributed by atoms with Gasteiger partial charge in [0.2, 0.25) is 0 Å². The van der Waals surface area contributed by atoms with Crippen LogP contribution in [0.15, 0.2) is 48.5 Å². The standard InChI is InChI=1S/C18H17NO2/c19-12-5-9-16-8-4-10-18(17(16)11-13-20)21-14-15-6-2-1-3-7-15/h1-4,6-8,10,13H,5,9,11,14H2. The summed E-state index contributed by atoms with van der Waals surface area (Å²) in [5, 5.41) is 8.72. The zero-order chi connectivity index (χ0) is 14.9. The number of hydrogen-bond donors (Lipinski definition) is 0. The maximum Gasteiger partial charge on any atom is 0.124 e. The molecule has 0 aromatic heterocycles. The summed E-state index contributed by atoms with van der Waals surface area (Å²) in [4.78, 5) is 10.9. The lowest BCUT2D eigenvalue weighted by Crippen LogP contribution is -2.02. The van der Waals surface area contributed by atoms with Crippen LogP contribution in [0.3, 0.4) is 0 Å². The van der Waals surface area contributed by atoms with E-state index in [1.807, 2.05) is 48.5 Å². The number of aldehydes is 1. The van der Waals surface area contributed by atoms with E-state index in [4.69, 9.17) is 10.00 Å². The Morgan fingerprint density at radius 1 is 1.10 bits per heavy atom. The van der Waals surface area contributed by atoms with Crippen molar-refractivity contribution in [2.75, 3.05) is 0 Å². The predicted octanol–water partition coefficient (Wildman–Crippen LogP) is 3.46. The number of ether oxygens (including phenoxy) is 1. The van der Waals surface area contributed by atoms with Gasteiger partial charge in [0.1, 0.15) is 18.6 Å². The van der Waals surface area contributed by atoms with E-state index < -0.39 is 0 Å². The topological polar surface area (TPSA) is 50.1 Å². The lowest BCUT2D eigenvalue weighted by atomic mass is 10.00. The third-order valence-electron chi connectivity index (χ3n) is 3.26. The molecule has 0 aliphatic rings. The summed E-state index contributed by atoms with van der Waals surface area (Å²) in [5.74, 6) is 0.724. The Kier molecular flexibility index (Phi) is 5.54. The number of rotatable bonds is 7. The summed E-state index contributed by atoms with van der Waals surface area (Å²) in [7, 11) is 0. The SMILES string of the molecule is N#CCCc1cccc(OCc2ccccc2)c1CC=O. The molecule has 3 nitrogen and oxygen atoms in total. The minimum Gasteiger partial charge on any atom is -0.489 e. The van der Waals surface area contributed by atoms with E-state index in [0.29, 0.717) is 25.9 Å². The van der Waals surface area contributed by atoms with E-state index in [2.05, 4.69) is 6.07 Å². The van der Waals surface area contributed by atoms with Gasteiger partial charge >= 0.3 is 0 Å². The summed E-state index contributed by atoms with van der Waals surface area (Å²) >= 11 is 0. The third-order valence-corrected chi connectivity index (χ3v) is 3.26. The molecule has 106 valence electrons. The van der Waals surface area contributed by atoms with Gasteiger partial charge in [0.15, 0.2) is 0 Å². The first-order valence-corrected chi connectivity index (χ1v) is 6.93. The van der Waals surface area contributed by atoms with E-state index in [1.165, 1.54) is 0 Å². The van der Waals surface area contributed by atoms with Crippen molar-refractivity contribution in [2.45, 2.75) is 25.9 Å². The van der Waals surface area contributed by atoms with Crippen molar-refractivity contribution in [3.05, 3.63) is 65.2 Å². The van der Waals surface area contributed by atoms with Gasteiger partial charge < -0.3 is 9.53 Å². The van der Waals surface area contributed by atoms with Crippen LogP contribution in [0.25, 0.3) is 0 Å². The van der Waals surface area contributed by atoms with Crippen LogP contribution in [-0.4, -0.2) is 6.29 Å². The molecule has 21 heavy (non-hydrogen) atoms. The highest BCUT2D eigenvalue weighted by Crippen LogP contribution is 2.24. The average Bonchev–Trinajstić information content (AvgIpc) is 2.53. The lowest BCUT2D eigenvalue weighted by molar-refractivity contribution is -0.107. The molecule has 0 bridgehead atoms. The molecule has 0 unspecified atom stereocenters. The molecule has 0 fully saturated rings. The molecule has 2 rings (SSSR count). The van der Waals surface area contributed by atoms with Crippen LogP contribution < -0.4 is 4.74 Å². The number of carbonyl (C=O) groups is 1. The first-order chi connectivity index (χ1) is 10.3.